The van der Waals surface area contributed by atoms with Gasteiger partial charge in [0.1, 0.15) is 10.0 Å². The molecule has 0 atom stereocenters. The Morgan fingerprint density at radius 1 is 1.29 bits per heavy atom. The van der Waals surface area contributed by atoms with Crippen molar-refractivity contribution in [3.05, 3.63) is 57.3 Å². The van der Waals surface area contributed by atoms with Crippen LogP contribution in [0.15, 0.2) is 45.9 Å². The summed E-state index contributed by atoms with van der Waals surface area (Å²) in [6, 6.07) is 8.04. The third kappa shape index (κ3) is 4.76. The van der Waals surface area contributed by atoms with Gasteiger partial charge in [0.15, 0.2) is 0 Å². The second kappa shape index (κ2) is 8.06. The van der Waals surface area contributed by atoms with Gasteiger partial charge in [0, 0.05) is 29.3 Å². The standard InChI is InChI=1S/C15H15BrClN3O3S/c1-2-18-15(21)11-5-3-10(4-6-11)8-20-24(22,23)13-7-12(16)9-19-14(13)17/h3-7,9,20H,2,8H2,1H3,(H,18,21). The van der Waals surface area contributed by atoms with E-state index >= 15 is 0 Å². The zero-order valence-corrected chi connectivity index (χ0v) is 15.9. The predicted molar refractivity (Wildman–Crippen MR) is 95.4 cm³/mol. The van der Waals surface area contributed by atoms with Crippen molar-refractivity contribution in [3.8, 4) is 0 Å². The number of rotatable bonds is 6. The Morgan fingerprint density at radius 3 is 2.58 bits per heavy atom. The van der Waals surface area contributed by atoms with Gasteiger partial charge in [-0.1, -0.05) is 23.7 Å². The number of pyridine rings is 1. The number of carbonyl (C=O) groups is 1. The summed E-state index contributed by atoms with van der Waals surface area (Å²) in [7, 11) is -3.80. The van der Waals surface area contributed by atoms with Crippen LogP contribution in [0.2, 0.25) is 5.15 Å². The van der Waals surface area contributed by atoms with Crippen molar-refractivity contribution in [3.63, 3.8) is 0 Å². The first kappa shape index (κ1) is 18.9. The van der Waals surface area contributed by atoms with Gasteiger partial charge < -0.3 is 5.32 Å². The molecule has 24 heavy (non-hydrogen) atoms. The number of hydrogen-bond donors (Lipinski definition) is 2. The van der Waals surface area contributed by atoms with Crippen molar-refractivity contribution in [2.45, 2.75) is 18.4 Å². The van der Waals surface area contributed by atoms with Crippen LogP contribution in [0.5, 0.6) is 0 Å². The lowest BCUT2D eigenvalue weighted by molar-refractivity contribution is 0.0956. The van der Waals surface area contributed by atoms with E-state index in [1.807, 2.05) is 6.92 Å². The number of hydrogen-bond acceptors (Lipinski definition) is 4. The summed E-state index contributed by atoms with van der Waals surface area (Å²) in [5, 5.41) is 2.59. The molecule has 0 aliphatic rings. The fraction of sp³-hybridized carbons (Fsp3) is 0.200. The van der Waals surface area contributed by atoms with Crippen molar-refractivity contribution >= 4 is 43.5 Å². The largest absolute Gasteiger partial charge is 0.352 e. The van der Waals surface area contributed by atoms with Gasteiger partial charge in [0.2, 0.25) is 10.0 Å². The average molecular weight is 433 g/mol. The van der Waals surface area contributed by atoms with Gasteiger partial charge in [-0.3, -0.25) is 4.79 Å². The van der Waals surface area contributed by atoms with Gasteiger partial charge in [-0.2, -0.15) is 0 Å². The van der Waals surface area contributed by atoms with Crippen LogP contribution in [-0.2, 0) is 16.6 Å². The molecule has 0 aliphatic carbocycles. The molecule has 1 heterocycles. The van der Waals surface area contributed by atoms with Crippen LogP contribution in [0.1, 0.15) is 22.8 Å². The first-order valence-electron chi connectivity index (χ1n) is 7.01. The molecule has 0 unspecified atom stereocenters. The van der Waals surface area contributed by atoms with Crippen LogP contribution in [-0.4, -0.2) is 25.9 Å². The van der Waals surface area contributed by atoms with E-state index in [4.69, 9.17) is 11.6 Å². The highest BCUT2D eigenvalue weighted by Crippen LogP contribution is 2.22. The molecule has 9 heteroatoms. The summed E-state index contributed by atoms with van der Waals surface area (Å²) in [6.07, 6.45) is 1.42. The lowest BCUT2D eigenvalue weighted by Gasteiger charge is -2.09. The molecule has 0 aliphatic heterocycles. The molecule has 1 amide bonds. The Morgan fingerprint density at radius 2 is 1.96 bits per heavy atom. The quantitative estimate of drug-likeness (QED) is 0.687. The molecule has 0 bridgehead atoms. The van der Waals surface area contributed by atoms with E-state index < -0.39 is 10.0 Å². The number of amides is 1. The first-order valence-corrected chi connectivity index (χ1v) is 9.66. The number of halogens is 2. The summed E-state index contributed by atoms with van der Waals surface area (Å²) in [5.41, 5.74) is 1.23. The molecule has 2 N–H and O–H groups in total. The van der Waals surface area contributed by atoms with Crippen LogP contribution in [0, 0.1) is 0 Å². The van der Waals surface area contributed by atoms with Gasteiger partial charge in [-0.25, -0.2) is 18.1 Å². The lowest BCUT2D eigenvalue weighted by Crippen LogP contribution is -2.24. The highest BCUT2D eigenvalue weighted by Gasteiger charge is 2.19. The SMILES string of the molecule is CCNC(=O)c1ccc(CNS(=O)(=O)c2cc(Br)cnc2Cl)cc1. The maximum absolute atomic E-state index is 12.3. The summed E-state index contributed by atoms with van der Waals surface area (Å²) in [5.74, 6) is -0.170. The van der Waals surface area contributed by atoms with Crippen LogP contribution >= 0.6 is 27.5 Å². The number of nitrogens with zero attached hydrogens (tertiary/aromatic N) is 1. The monoisotopic (exact) mass is 431 g/mol. The summed E-state index contributed by atoms with van der Waals surface area (Å²) in [4.78, 5) is 15.4. The fourth-order valence-electron chi connectivity index (χ4n) is 1.89. The molecule has 2 aromatic rings. The zero-order chi connectivity index (χ0) is 17.7. The third-order valence-corrected chi connectivity index (χ3v) is 5.34. The van der Waals surface area contributed by atoms with Crippen molar-refractivity contribution in [2.24, 2.45) is 0 Å². The molecular weight excluding hydrogens is 418 g/mol. The maximum Gasteiger partial charge on any atom is 0.251 e. The van der Waals surface area contributed by atoms with E-state index in [1.165, 1.54) is 12.3 Å². The summed E-state index contributed by atoms with van der Waals surface area (Å²) < 4.78 is 27.6. The first-order chi connectivity index (χ1) is 11.3. The molecule has 1 aromatic carbocycles. The Hall–Kier alpha value is -1.48. The second-order valence-electron chi connectivity index (χ2n) is 4.82. The molecular formula is C15H15BrClN3O3S. The highest BCUT2D eigenvalue weighted by molar-refractivity contribution is 9.10. The molecule has 0 saturated carbocycles. The van der Waals surface area contributed by atoms with E-state index in [9.17, 15) is 13.2 Å². The predicted octanol–water partition coefficient (Wildman–Crippen LogP) is 2.73. The van der Waals surface area contributed by atoms with Gasteiger partial charge in [0.25, 0.3) is 5.91 Å². The van der Waals surface area contributed by atoms with E-state index in [0.717, 1.165) is 0 Å². The Labute approximate surface area is 153 Å². The smallest absolute Gasteiger partial charge is 0.251 e. The zero-order valence-electron chi connectivity index (χ0n) is 12.7. The third-order valence-electron chi connectivity index (χ3n) is 3.08. The molecule has 2 rings (SSSR count). The summed E-state index contributed by atoms with van der Waals surface area (Å²) in [6.45, 7) is 2.45. The van der Waals surface area contributed by atoms with Crippen molar-refractivity contribution in [1.82, 2.24) is 15.0 Å². The van der Waals surface area contributed by atoms with E-state index in [-0.39, 0.29) is 22.5 Å². The Bertz CT molecular complexity index is 842. The van der Waals surface area contributed by atoms with Gasteiger partial charge in [-0.05, 0) is 46.6 Å². The minimum absolute atomic E-state index is 0.0703. The van der Waals surface area contributed by atoms with Gasteiger partial charge in [0.05, 0.1) is 0 Å². The molecule has 1 aromatic heterocycles. The van der Waals surface area contributed by atoms with E-state index in [2.05, 4.69) is 31.0 Å². The fourth-order valence-corrected chi connectivity index (χ4v) is 3.84. The minimum Gasteiger partial charge on any atom is -0.352 e. The maximum atomic E-state index is 12.3. The Kier molecular flexibility index (Phi) is 6.34. The van der Waals surface area contributed by atoms with Crippen molar-refractivity contribution < 1.29 is 13.2 Å². The molecule has 0 fully saturated rings. The number of carbonyl (C=O) groups excluding carboxylic acids is 1. The highest BCUT2D eigenvalue weighted by atomic mass is 79.9. The van der Waals surface area contributed by atoms with Crippen LogP contribution in [0.4, 0.5) is 0 Å². The normalized spacial score (nSPS) is 11.3. The second-order valence-corrected chi connectivity index (χ2v) is 7.83. The van der Waals surface area contributed by atoms with E-state index in [1.54, 1.807) is 24.3 Å². The van der Waals surface area contributed by atoms with Gasteiger partial charge >= 0.3 is 0 Å². The number of aromatic nitrogens is 1. The average Bonchev–Trinajstić information content (AvgIpc) is 2.56. The number of benzene rings is 1. The number of nitrogens with one attached hydrogen (secondary N) is 2. The van der Waals surface area contributed by atoms with Crippen molar-refractivity contribution in [1.29, 1.82) is 0 Å². The van der Waals surface area contributed by atoms with Crippen LogP contribution < -0.4 is 10.0 Å². The van der Waals surface area contributed by atoms with Crippen LogP contribution in [0.25, 0.3) is 0 Å². The topological polar surface area (TPSA) is 88.2 Å². The molecule has 128 valence electrons. The lowest BCUT2D eigenvalue weighted by atomic mass is 10.1. The molecule has 6 nitrogen and oxygen atoms in total. The van der Waals surface area contributed by atoms with E-state index in [0.29, 0.717) is 22.1 Å². The summed E-state index contributed by atoms with van der Waals surface area (Å²) >= 11 is 9.02. The van der Waals surface area contributed by atoms with Crippen molar-refractivity contribution in [2.75, 3.05) is 6.54 Å². The minimum atomic E-state index is -3.80. The molecule has 0 radical (unpaired) electrons. The Balaban J connectivity index is 2.09. The molecule has 0 spiro atoms. The van der Waals surface area contributed by atoms with Gasteiger partial charge in [-0.15, -0.1) is 0 Å². The molecule has 0 saturated heterocycles. The van der Waals surface area contributed by atoms with Crippen LogP contribution in [0.3, 0.4) is 0 Å². The number of sulfonamides is 1.